The minimum atomic E-state index is -0.479. The number of rotatable bonds is 4. The fourth-order valence-electron chi connectivity index (χ4n) is 3.41. The van der Waals surface area contributed by atoms with Gasteiger partial charge in [-0.3, -0.25) is 19.3 Å². The Morgan fingerprint density at radius 3 is 3.00 bits per heavy atom. The SMILES string of the molecule is CC1CCc2c(sc(NC(=O)CN3C(=O)S/C(=C/c4cccs4)C3=O)c2C#N)C1. The molecular weight excluding hydrogens is 426 g/mol. The van der Waals surface area contributed by atoms with Gasteiger partial charge in [0.2, 0.25) is 5.91 Å². The standard InChI is InChI=1S/C20H17N3O3S3/c1-11-4-5-13-14(9-21)18(28-15(13)7-11)22-17(24)10-23-19(25)16(29-20(23)26)8-12-3-2-6-27-12/h2-3,6,8,11H,4-5,7,10H2,1H3,(H,22,24)/b16-8+. The van der Waals surface area contributed by atoms with Crippen molar-refractivity contribution in [3.05, 3.63) is 43.3 Å². The summed E-state index contributed by atoms with van der Waals surface area (Å²) >= 11 is 3.72. The number of hydrogen-bond donors (Lipinski definition) is 1. The van der Waals surface area contributed by atoms with Crippen molar-refractivity contribution in [2.75, 3.05) is 11.9 Å². The first-order chi connectivity index (χ1) is 14.0. The molecule has 1 N–H and O–H groups in total. The molecule has 1 aliphatic heterocycles. The number of carbonyl (C=O) groups is 3. The average molecular weight is 444 g/mol. The summed E-state index contributed by atoms with van der Waals surface area (Å²) in [4.78, 5) is 40.6. The van der Waals surface area contributed by atoms with Gasteiger partial charge in [-0.05, 0) is 60.0 Å². The molecule has 1 aliphatic carbocycles. The van der Waals surface area contributed by atoms with Gasteiger partial charge < -0.3 is 5.32 Å². The van der Waals surface area contributed by atoms with E-state index < -0.39 is 17.1 Å². The Morgan fingerprint density at radius 2 is 2.28 bits per heavy atom. The molecule has 2 aromatic rings. The van der Waals surface area contributed by atoms with Crippen LogP contribution in [0.2, 0.25) is 0 Å². The van der Waals surface area contributed by atoms with Gasteiger partial charge in [0, 0.05) is 9.75 Å². The highest BCUT2D eigenvalue weighted by molar-refractivity contribution is 8.18. The number of nitrogens with one attached hydrogen (secondary N) is 1. The minimum Gasteiger partial charge on any atom is -0.315 e. The lowest BCUT2D eigenvalue weighted by Crippen LogP contribution is -2.36. The lowest BCUT2D eigenvalue weighted by atomic mass is 9.89. The zero-order chi connectivity index (χ0) is 20.5. The van der Waals surface area contributed by atoms with E-state index in [-0.39, 0.29) is 6.54 Å². The van der Waals surface area contributed by atoms with Crippen LogP contribution in [0, 0.1) is 17.2 Å². The molecule has 148 valence electrons. The van der Waals surface area contributed by atoms with E-state index >= 15 is 0 Å². The maximum atomic E-state index is 12.5. The number of carbonyl (C=O) groups excluding carboxylic acids is 3. The number of fused-ring (bicyclic) bond motifs is 1. The molecule has 2 aromatic heterocycles. The van der Waals surface area contributed by atoms with Crippen LogP contribution in [0.4, 0.5) is 9.80 Å². The molecule has 0 radical (unpaired) electrons. The van der Waals surface area contributed by atoms with Crippen LogP contribution in [-0.4, -0.2) is 28.5 Å². The monoisotopic (exact) mass is 443 g/mol. The van der Waals surface area contributed by atoms with Crippen LogP contribution in [0.3, 0.4) is 0 Å². The summed E-state index contributed by atoms with van der Waals surface area (Å²) in [6, 6.07) is 5.92. The molecule has 1 atom stereocenters. The predicted molar refractivity (Wildman–Crippen MR) is 116 cm³/mol. The second-order valence-electron chi connectivity index (χ2n) is 7.00. The fraction of sp³-hybridized carbons (Fsp3) is 0.300. The first kappa shape index (κ1) is 19.9. The third-order valence-corrected chi connectivity index (χ3v) is 7.76. The van der Waals surface area contributed by atoms with Gasteiger partial charge in [-0.25, -0.2) is 0 Å². The lowest BCUT2D eigenvalue weighted by molar-refractivity contribution is -0.127. The molecule has 0 bridgehead atoms. The number of thiophene rings is 2. The molecule has 9 heteroatoms. The van der Waals surface area contributed by atoms with Crippen LogP contribution in [0.25, 0.3) is 6.08 Å². The third-order valence-electron chi connectivity index (χ3n) is 4.87. The number of amides is 3. The Kier molecular flexibility index (Phi) is 5.58. The number of imide groups is 1. The quantitative estimate of drug-likeness (QED) is 0.704. The Bertz CT molecular complexity index is 1060. The van der Waals surface area contributed by atoms with Crippen molar-refractivity contribution in [2.45, 2.75) is 26.2 Å². The van der Waals surface area contributed by atoms with Gasteiger partial charge >= 0.3 is 0 Å². The first-order valence-corrected chi connectivity index (χ1v) is 11.6. The van der Waals surface area contributed by atoms with Crippen LogP contribution >= 0.6 is 34.4 Å². The summed E-state index contributed by atoms with van der Waals surface area (Å²) in [7, 11) is 0. The zero-order valence-electron chi connectivity index (χ0n) is 15.6. The van der Waals surface area contributed by atoms with Crippen molar-refractivity contribution in [2.24, 2.45) is 5.92 Å². The molecule has 0 spiro atoms. The Balaban J connectivity index is 1.47. The number of hydrogen-bond acceptors (Lipinski definition) is 7. The molecular formula is C20H17N3O3S3. The van der Waals surface area contributed by atoms with Crippen molar-refractivity contribution >= 4 is 62.6 Å². The molecule has 0 aromatic carbocycles. The molecule has 1 unspecified atom stereocenters. The van der Waals surface area contributed by atoms with Crippen LogP contribution in [0.5, 0.6) is 0 Å². The first-order valence-electron chi connectivity index (χ1n) is 9.09. The van der Waals surface area contributed by atoms with Gasteiger partial charge in [0.1, 0.15) is 17.6 Å². The Labute approximate surface area is 180 Å². The molecule has 4 rings (SSSR count). The van der Waals surface area contributed by atoms with E-state index in [1.54, 1.807) is 6.08 Å². The molecule has 6 nitrogen and oxygen atoms in total. The summed E-state index contributed by atoms with van der Waals surface area (Å²) in [5.74, 6) is -0.391. The van der Waals surface area contributed by atoms with Gasteiger partial charge in [-0.2, -0.15) is 5.26 Å². The highest BCUT2D eigenvalue weighted by atomic mass is 32.2. The Morgan fingerprint density at radius 1 is 1.45 bits per heavy atom. The van der Waals surface area contributed by atoms with E-state index in [4.69, 9.17) is 0 Å². The van der Waals surface area contributed by atoms with Crippen molar-refractivity contribution in [3.63, 3.8) is 0 Å². The summed E-state index contributed by atoms with van der Waals surface area (Å²) < 4.78 is 0. The van der Waals surface area contributed by atoms with E-state index in [2.05, 4.69) is 18.3 Å². The lowest BCUT2D eigenvalue weighted by Gasteiger charge is -2.17. The van der Waals surface area contributed by atoms with Gasteiger partial charge in [0.15, 0.2) is 0 Å². The molecule has 2 aliphatic rings. The van der Waals surface area contributed by atoms with Crippen LogP contribution in [0.15, 0.2) is 22.4 Å². The summed E-state index contributed by atoms with van der Waals surface area (Å²) in [6.45, 7) is 1.81. The van der Waals surface area contributed by atoms with Crippen molar-refractivity contribution < 1.29 is 14.4 Å². The van der Waals surface area contributed by atoms with E-state index in [1.165, 1.54) is 22.7 Å². The van der Waals surface area contributed by atoms with Crippen LogP contribution in [0.1, 0.15) is 34.2 Å². The van der Waals surface area contributed by atoms with E-state index in [1.807, 2.05) is 17.5 Å². The van der Waals surface area contributed by atoms with Crippen LogP contribution < -0.4 is 5.32 Å². The topological polar surface area (TPSA) is 90.3 Å². The molecule has 29 heavy (non-hydrogen) atoms. The second-order valence-corrected chi connectivity index (χ2v) is 10.1. The van der Waals surface area contributed by atoms with Gasteiger partial charge in [0.05, 0.1) is 10.5 Å². The molecule has 1 fully saturated rings. The van der Waals surface area contributed by atoms with Gasteiger partial charge in [0.25, 0.3) is 11.1 Å². The van der Waals surface area contributed by atoms with E-state index in [0.717, 1.165) is 51.2 Å². The minimum absolute atomic E-state index is 0.309. The number of anilines is 1. The molecule has 0 saturated carbocycles. The molecule has 3 heterocycles. The summed E-state index contributed by atoms with van der Waals surface area (Å²) in [5, 5.41) is 14.2. The highest BCUT2D eigenvalue weighted by Crippen LogP contribution is 2.39. The smallest absolute Gasteiger partial charge is 0.294 e. The molecule has 1 saturated heterocycles. The van der Waals surface area contributed by atoms with Crippen molar-refractivity contribution in [1.29, 1.82) is 5.26 Å². The van der Waals surface area contributed by atoms with Gasteiger partial charge in [-0.1, -0.05) is 13.0 Å². The number of nitrogens with zero attached hydrogens (tertiary/aromatic N) is 2. The molecule has 3 amide bonds. The van der Waals surface area contributed by atoms with E-state index in [9.17, 15) is 19.6 Å². The third kappa shape index (κ3) is 4.01. The summed E-state index contributed by atoms with van der Waals surface area (Å²) in [5.41, 5.74) is 1.54. The maximum absolute atomic E-state index is 12.5. The van der Waals surface area contributed by atoms with Crippen molar-refractivity contribution in [3.8, 4) is 6.07 Å². The average Bonchev–Trinajstić information content (AvgIpc) is 3.37. The largest absolute Gasteiger partial charge is 0.315 e. The Hall–Kier alpha value is -2.41. The number of nitriles is 1. The summed E-state index contributed by atoms with van der Waals surface area (Å²) in [6.07, 6.45) is 4.43. The van der Waals surface area contributed by atoms with Crippen LogP contribution in [-0.2, 0) is 22.4 Å². The zero-order valence-corrected chi connectivity index (χ0v) is 18.0. The normalized spacial score (nSPS) is 20.1. The van der Waals surface area contributed by atoms with Gasteiger partial charge in [-0.15, -0.1) is 22.7 Å². The number of thioether (sulfide) groups is 1. The second kappa shape index (κ2) is 8.14. The van der Waals surface area contributed by atoms with Crippen molar-refractivity contribution in [1.82, 2.24) is 4.90 Å². The highest BCUT2D eigenvalue weighted by Gasteiger charge is 2.36. The fourth-order valence-corrected chi connectivity index (χ4v) is 6.34. The maximum Gasteiger partial charge on any atom is 0.294 e. The van der Waals surface area contributed by atoms with E-state index in [0.29, 0.717) is 21.4 Å². The predicted octanol–water partition coefficient (Wildman–Crippen LogP) is 4.48.